The minimum atomic E-state index is -0.302. The van der Waals surface area contributed by atoms with Crippen molar-refractivity contribution in [2.75, 3.05) is 18.6 Å². The molecule has 3 aromatic heterocycles. The van der Waals surface area contributed by atoms with Crippen LogP contribution in [0.2, 0.25) is 0 Å². The third-order valence-electron chi connectivity index (χ3n) is 6.09. The van der Waals surface area contributed by atoms with Crippen LogP contribution >= 0.6 is 11.8 Å². The van der Waals surface area contributed by atoms with Gasteiger partial charge in [0, 0.05) is 41.4 Å². The Kier molecular flexibility index (Phi) is 5.33. The lowest BCUT2D eigenvalue weighted by Gasteiger charge is -2.24. The van der Waals surface area contributed by atoms with Crippen molar-refractivity contribution in [2.24, 2.45) is 0 Å². The number of thioether (sulfide) groups is 1. The van der Waals surface area contributed by atoms with E-state index < -0.39 is 0 Å². The highest BCUT2D eigenvalue weighted by atomic mass is 32.2. The van der Waals surface area contributed by atoms with Crippen molar-refractivity contribution in [3.8, 4) is 33.8 Å². The molecule has 0 spiro atoms. The number of hydrogen-bond donors (Lipinski definition) is 1. The third kappa shape index (κ3) is 3.77. The van der Waals surface area contributed by atoms with E-state index in [1.54, 1.807) is 25.2 Å². The number of fused-ring (bicyclic) bond motifs is 1. The Morgan fingerprint density at radius 2 is 1.89 bits per heavy atom. The molecule has 0 saturated carbocycles. The normalized spacial score (nSPS) is 13.7. The largest absolute Gasteiger partial charge is 0.438 e. The van der Waals surface area contributed by atoms with E-state index >= 15 is 0 Å². The van der Waals surface area contributed by atoms with Gasteiger partial charge in [0.25, 0.3) is 5.91 Å². The van der Waals surface area contributed by atoms with E-state index in [0.29, 0.717) is 39.7 Å². The maximum atomic E-state index is 13.6. The first-order chi connectivity index (χ1) is 17.1. The monoisotopic (exact) mass is 485 g/mol. The highest BCUT2D eigenvalue weighted by Crippen LogP contribution is 2.39. The van der Waals surface area contributed by atoms with Gasteiger partial charge in [-0.15, -0.1) is 0 Å². The zero-order valence-electron chi connectivity index (χ0n) is 18.7. The molecular weight excluding hydrogens is 465 g/mol. The van der Waals surface area contributed by atoms with Crippen molar-refractivity contribution in [2.45, 2.75) is 6.04 Å². The molecule has 35 heavy (non-hydrogen) atoms. The highest BCUT2D eigenvalue weighted by molar-refractivity contribution is 8.00. The van der Waals surface area contributed by atoms with Crippen LogP contribution < -0.4 is 5.32 Å². The molecule has 1 aliphatic heterocycles. The molecule has 1 amide bonds. The van der Waals surface area contributed by atoms with Crippen molar-refractivity contribution in [3.63, 3.8) is 0 Å². The van der Waals surface area contributed by atoms with E-state index in [4.69, 9.17) is 9.52 Å². The molecule has 4 heterocycles. The molecule has 0 aliphatic carbocycles. The van der Waals surface area contributed by atoms with Crippen LogP contribution in [0.25, 0.3) is 44.9 Å². The average molecular weight is 486 g/mol. The van der Waals surface area contributed by atoms with E-state index in [0.717, 1.165) is 28.3 Å². The molecule has 1 fully saturated rings. The third-order valence-corrected chi connectivity index (χ3v) is 7.33. The number of nitrogens with zero attached hydrogens (tertiary/aromatic N) is 4. The van der Waals surface area contributed by atoms with Crippen molar-refractivity contribution in [3.05, 3.63) is 78.5 Å². The lowest BCUT2D eigenvalue weighted by atomic mass is 10.0. The van der Waals surface area contributed by atoms with Gasteiger partial charge < -0.3 is 9.73 Å². The molecule has 0 unspecified atom stereocenters. The van der Waals surface area contributed by atoms with Crippen molar-refractivity contribution in [1.82, 2.24) is 25.1 Å². The summed E-state index contributed by atoms with van der Waals surface area (Å²) >= 11 is 1.87. The standard InChI is InChI=1S/C26H20FN5O2S/c1-28-25(33)19-5-3-2-4-18(19)22-10-20-24(29-14-30-26(20)34-22)21-11-32(17-12-35-13-17)31-23(21)15-6-8-16(27)9-7-15/h2-11,14,17H,12-13H2,1H3,(H,28,33). The van der Waals surface area contributed by atoms with Crippen molar-refractivity contribution < 1.29 is 13.6 Å². The second kappa shape index (κ2) is 8.66. The van der Waals surface area contributed by atoms with E-state index in [2.05, 4.69) is 15.3 Å². The molecule has 0 atom stereocenters. The van der Waals surface area contributed by atoms with Gasteiger partial charge in [0.15, 0.2) is 0 Å². The first-order valence-electron chi connectivity index (χ1n) is 11.1. The van der Waals surface area contributed by atoms with Gasteiger partial charge in [0.05, 0.1) is 22.7 Å². The number of hydrogen-bond acceptors (Lipinski definition) is 6. The maximum absolute atomic E-state index is 13.6. The molecule has 6 rings (SSSR count). The van der Waals surface area contributed by atoms with Gasteiger partial charge in [0.1, 0.15) is 23.6 Å². The molecule has 1 saturated heterocycles. The van der Waals surface area contributed by atoms with Gasteiger partial charge in [-0.05, 0) is 36.4 Å². The molecule has 5 aromatic rings. The fourth-order valence-electron chi connectivity index (χ4n) is 4.18. The number of amides is 1. The topological polar surface area (TPSA) is 85.8 Å². The fraction of sp³-hybridized carbons (Fsp3) is 0.154. The summed E-state index contributed by atoms with van der Waals surface area (Å²) in [5.41, 5.74) is 4.58. The zero-order valence-corrected chi connectivity index (χ0v) is 19.6. The summed E-state index contributed by atoms with van der Waals surface area (Å²) in [5.74, 6) is 2.01. The lowest BCUT2D eigenvalue weighted by Crippen LogP contribution is -2.23. The molecule has 1 aliphatic rings. The Bertz CT molecular complexity index is 1560. The summed E-state index contributed by atoms with van der Waals surface area (Å²) in [5, 5.41) is 8.24. The van der Waals surface area contributed by atoms with E-state index in [-0.39, 0.29) is 11.7 Å². The Morgan fingerprint density at radius 3 is 2.63 bits per heavy atom. The molecular formula is C26H20FN5O2S. The van der Waals surface area contributed by atoms with Gasteiger partial charge in [-0.25, -0.2) is 14.4 Å². The number of nitrogens with one attached hydrogen (secondary N) is 1. The van der Waals surface area contributed by atoms with Crippen LogP contribution in [0.15, 0.2) is 71.5 Å². The SMILES string of the molecule is CNC(=O)c1ccccc1-c1cc2c(-c3cn(C4CSC4)nc3-c3ccc(F)cc3)ncnc2o1. The van der Waals surface area contributed by atoms with Gasteiger partial charge in [-0.2, -0.15) is 16.9 Å². The van der Waals surface area contributed by atoms with Crippen LogP contribution in [-0.4, -0.2) is 44.2 Å². The highest BCUT2D eigenvalue weighted by Gasteiger charge is 2.26. The van der Waals surface area contributed by atoms with Gasteiger partial charge in [0.2, 0.25) is 5.71 Å². The summed E-state index contributed by atoms with van der Waals surface area (Å²) in [7, 11) is 1.59. The number of aromatic nitrogens is 4. The molecule has 2 aromatic carbocycles. The summed E-state index contributed by atoms with van der Waals surface area (Å²) in [4.78, 5) is 21.3. The molecule has 7 nitrogen and oxygen atoms in total. The average Bonchev–Trinajstić information content (AvgIpc) is 3.48. The predicted molar refractivity (Wildman–Crippen MR) is 134 cm³/mol. The number of carbonyl (C=O) groups excluding carboxylic acids is 1. The molecule has 0 radical (unpaired) electrons. The van der Waals surface area contributed by atoms with Crippen LogP contribution in [0.1, 0.15) is 16.4 Å². The number of furan rings is 1. The first-order valence-corrected chi connectivity index (χ1v) is 12.3. The summed E-state index contributed by atoms with van der Waals surface area (Å²) in [6, 6.07) is 15.7. The van der Waals surface area contributed by atoms with Crippen LogP contribution in [-0.2, 0) is 0 Å². The Balaban J connectivity index is 1.53. The number of rotatable bonds is 5. The number of carbonyl (C=O) groups is 1. The molecule has 0 bridgehead atoms. The first kappa shape index (κ1) is 21.5. The maximum Gasteiger partial charge on any atom is 0.251 e. The molecule has 9 heteroatoms. The minimum Gasteiger partial charge on any atom is -0.438 e. The van der Waals surface area contributed by atoms with E-state index in [1.165, 1.54) is 18.5 Å². The Labute approximate surface area is 204 Å². The smallest absolute Gasteiger partial charge is 0.251 e. The van der Waals surface area contributed by atoms with Crippen LogP contribution in [0.5, 0.6) is 0 Å². The van der Waals surface area contributed by atoms with Crippen LogP contribution in [0.4, 0.5) is 4.39 Å². The van der Waals surface area contributed by atoms with E-state index in [1.807, 2.05) is 46.9 Å². The van der Waals surface area contributed by atoms with E-state index in [9.17, 15) is 9.18 Å². The Morgan fingerprint density at radius 1 is 1.09 bits per heavy atom. The van der Waals surface area contributed by atoms with Crippen LogP contribution in [0, 0.1) is 5.82 Å². The van der Waals surface area contributed by atoms with Crippen molar-refractivity contribution in [1.29, 1.82) is 0 Å². The predicted octanol–water partition coefficient (Wildman–Crippen LogP) is 5.21. The second-order valence-corrected chi connectivity index (χ2v) is 9.32. The zero-order chi connectivity index (χ0) is 23.9. The van der Waals surface area contributed by atoms with Crippen molar-refractivity contribution >= 4 is 28.8 Å². The fourth-order valence-corrected chi connectivity index (χ4v) is 4.93. The number of benzene rings is 2. The van der Waals surface area contributed by atoms with Gasteiger partial charge >= 0.3 is 0 Å². The van der Waals surface area contributed by atoms with Crippen LogP contribution in [0.3, 0.4) is 0 Å². The Hall–Kier alpha value is -3.98. The quantitative estimate of drug-likeness (QED) is 0.368. The summed E-state index contributed by atoms with van der Waals surface area (Å²) in [6.45, 7) is 0. The molecule has 1 N–H and O–H groups in total. The second-order valence-electron chi connectivity index (χ2n) is 8.25. The van der Waals surface area contributed by atoms with Gasteiger partial charge in [-0.3, -0.25) is 9.48 Å². The minimum absolute atomic E-state index is 0.203. The molecule has 174 valence electrons. The number of halogens is 1. The summed E-state index contributed by atoms with van der Waals surface area (Å²) in [6.07, 6.45) is 3.45. The lowest BCUT2D eigenvalue weighted by molar-refractivity contribution is 0.0963. The summed E-state index contributed by atoms with van der Waals surface area (Å²) < 4.78 is 21.7. The van der Waals surface area contributed by atoms with Gasteiger partial charge in [-0.1, -0.05) is 18.2 Å².